The third-order valence-corrected chi connectivity index (χ3v) is 6.58. The van der Waals surface area contributed by atoms with Crippen LogP contribution in [0.25, 0.3) is 0 Å². The van der Waals surface area contributed by atoms with Crippen LogP contribution in [0.3, 0.4) is 0 Å². The highest BCUT2D eigenvalue weighted by Crippen LogP contribution is 2.22. The maximum absolute atomic E-state index is 12.6. The largest absolute Gasteiger partial charge is 0.490 e. The summed E-state index contributed by atoms with van der Waals surface area (Å²) in [5.74, 6) is 0.192. The Hall–Kier alpha value is -2.38. The molecule has 1 fully saturated rings. The van der Waals surface area contributed by atoms with Gasteiger partial charge in [0.25, 0.3) is 0 Å². The second kappa shape index (κ2) is 8.75. The summed E-state index contributed by atoms with van der Waals surface area (Å²) in [5, 5.41) is 0. The molecule has 0 unspecified atom stereocenters. The van der Waals surface area contributed by atoms with Gasteiger partial charge in [0.2, 0.25) is 10.0 Å². The lowest BCUT2D eigenvalue weighted by Crippen LogP contribution is -2.28. The van der Waals surface area contributed by atoms with Gasteiger partial charge in [0.05, 0.1) is 10.5 Å². The summed E-state index contributed by atoms with van der Waals surface area (Å²) in [6.45, 7) is 5.28. The van der Waals surface area contributed by atoms with Gasteiger partial charge in [-0.1, -0.05) is 18.2 Å². The molecular weight excluding hydrogens is 378 g/mol. The average molecular weight is 404 g/mol. The van der Waals surface area contributed by atoms with Crippen LogP contribution in [-0.4, -0.2) is 45.0 Å². The average Bonchev–Trinajstić information content (AvgIpc) is 3.23. The lowest BCUT2D eigenvalue weighted by molar-refractivity contribution is 0.0450. The van der Waals surface area contributed by atoms with Crippen LogP contribution in [0.2, 0.25) is 0 Å². The van der Waals surface area contributed by atoms with Crippen molar-refractivity contribution in [2.24, 2.45) is 0 Å². The topological polar surface area (TPSA) is 72.9 Å². The summed E-state index contributed by atoms with van der Waals surface area (Å²) in [5.41, 5.74) is 2.32. The Morgan fingerprint density at radius 2 is 1.79 bits per heavy atom. The molecule has 0 spiro atoms. The standard InChI is InChI=1S/C21H25NO5S/c1-16-8-9-17(2)20(14-16)26-12-13-27-21(23)18-6-5-7-19(15-18)28(24,25)22-10-3-4-11-22/h5-9,14-15H,3-4,10-13H2,1-2H3. The Labute approximate surface area is 166 Å². The molecule has 0 aromatic heterocycles. The number of benzene rings is 2. The first-order chi connectivity index (χ1) is 13.4. The molecule has 0 atom stereocenters. The lowest BCUT2D eigenvalue weighted by Gasteiger charge is -2.16. The molecule has 1 saturated heterocycles. The van der Waals surface area contributed by atoms with Crippen LogP contribution in [0.5, 0.6) is 5.75 Å². The van der Waals surface area contributed by atoms with Gasteiger partial charge in [-0.2, -0.15) is 4.31 Å². The molecule has 2 aromatic carbocycles. The normalized spacial score (nSPS) is 14.8. The van der Waals surface area contributed by atoms with Crippen LogP contribution in [0.4, 0.5) is 0 Å². The quantitative estimate of drug-likeness (QED) is 0.524. The Kier molecular flexibility index (Phi) is 6.36. The van der Waals surface area contributed by atoms with Crippen LogP contribution in [-0.2, 0) is 14.8 Å². The number of hydrogen-bond acceptors (Lipinski definition) is 5. The SMILES string of the molecule is Cc1ccc(C)c(OCCOC(=O)c2cccc(S(=O)(=O)N3CCCC3)c2)c1. The third kappa shape index (κ3) is 4.72. The molecular formula is C21H25NO5S. The molecule has 28 heavy (non-hydrogen) atoms. The molecule has 2 aromatic rings. The molecule has 1 aliphatic rings. The van der Waals surface area contributed by atoms with E-state index in [-0.39, 0.29) is 23.7 Å². The van der Waals surface area contributed by atoms with Crippen LogP contribution in [0, 0.1) is 13.8 Å². The van der Waals surface area contributed by atoms with Crippen molar-refractivity contribution >= 4 is 16.0 Å². The highest BCUT2D eigenvalue weighted by molar-refractivity contribution is 7.89. The molecule has 0 aliphatic carbocycles. The molecule has 0 bridgehead atoms. The maximum Gasteiger partial charge on any atom is 0.338 e. The zero-order valence-corrected chi connectivity index (χ0v) is 17.0. The minimum atomic E-state index is -3.56. The molecule has 150 valence electrons. The number of carbonyl (C=O) groups excluding carboxylic acids is 1. The van der Waals surface area contributed by atoms with Gasteiger partial charge in [0, 0.05) is 13.1 Å². The Morgan fingerprint density at radius 1 is 1.04 bits per heavy atom. The monoisotopic (exact) mass is 403 g/mol. The number of sulfonamides is 1. The van der Waals surface area contributed by atoms with E-state index in [0.717, 1.165) is 29.7 Å². The van der Waals surface area contributed by atoms with Crippen LogP contribution >= 0.6 is 0 Å². The molecule has 7 heteroatoms. The molecule has 0 amide bonds. The lowest BCUT2D eigenvalue weighted by atomic mass is 10.1. The number of rotatable bonds is 7. The molecule has 1 heterocycles. The first-order valence-corrected chi connectivity index (χ1v) is 10.8. The smallest absolute Gasteiger partial charge is 0.338 e. The van der Waals surface area contributed by atoms with Crippen molar-refractivity contribution in [3.05, 3.63) is 59.2 Å². The Morgan fingerprint density at radius 3 is 2.54 bits per heavy atom. The van der Waals surface area contributed by atoms with Crippen molar-refractivity contribution in [2.45, 2.75) is 31.6 Å². The summed E-state index contributed by atoms with van der Waals surface area (Å²) >= 11 is 0. The van der Waals surface area contributed by atoms with Gasteiger partial charge >= 0.3 is 5.97 Å². The molecule has 6 nitrogen and oxygen atoms in total. The summed E-state index contributed by atoms with van der Waals surface area (Å²) in [7, 11) is -3.56. The van der Waals surface area contributed by atoms with E-state index < -0.39 is 16.0 Å². The van der Waals surface area contributed by atoms with E-state index in [1.54, 1.807) is 12.1 Å². The highest BCUT2D eigenvalue weighted by atomic mass is 32.2. The summed E-state index contributed by atoms with van der Waals surface area (Å²) in [4.78, 5) is 12.4. The van der Waals surface area contributed by atoms with Gasteiger partial charge in [-0.15, -0.1) is 0 Å². The second-order valence-corrected chi connectivity index (χ2v) is 8.83. The summed E-state index contributed by atoms with van der Waals surface area (Å²) in [6, 6.07) is 11.9. The number of aryl methyl sites for hydroxylation is 2. The van der Waals surface area contributed by atoms with Crippen molar-refractivity contribution < 1.29 is 22.7 Å². The van der Waals surface area contributed by atoms with Crippen molar-refractivity contribution in [3.63, 3.8) is 0 Å². The highest BCUT2D eigenvalue weighted by Gasteiger charge is 2.27. The predicted molar refractivity (Wildman–Crippen MR) is 106 cm³/mol. The van der Waals surface area contributed by atoms with Gasteiger partial charge < -0.3 is 9.47 Å². The van der Waals surface area contributed by atoms with Gasteiger partial charge in [0.15, 0.2) is 0 Å². The van der Waals surface area contributed by atoms with E-state index in [4.69, 9.17) is 9.47 Å². The van der Waals surface area contributed by atoms with E-state index in [1.165, 1.54) is 16.4 Å². The minimum Gasteiger partial charge on any atom is -0.490 e. The minimum absolute atomic E-state index is 0.0787. The van der Waals surface area contributed by atoms with E-state index in [0.29, 0.717) is 13.1 Å². The van der Waals surface area contributed by atoms with Crippen molar-refractivity contribution in [2.75, 3.05) is 26.3 Å². The second-order valence-electron chi connectivity index (χ2n) is 6.89. The first kappa shape index (κ1) is 20.4. The number of nitrogens with zero attached hydrogens (tertiary/aromatic N) is 1. The van der Waals surface area contributed by atoms with E-state index in [2.05, 4.69) is 0 Å². The molecule has 1 aliphatic heterocycles. The molecule has 3 rings (SSSR count). The van der Waals surface area contributed by atoms with E-state index in [1.807, 2.05) is 32.0 Å². The number of esters is 1. The fourth-order valence-electron chi connectivity index (χ4n) is 3.09. The van der Waals surface area contributed by atoms with Crippen LogP contribution in [0.15, 0.2) is 47.4 Å². The van der Waals surface area contributed by atoms with E-state index in [9.17, 15) is 13.2 Å². The van der Waals surface area contributed by atoms with Crippen molar-refractivity contribution in [3.8, 4) is 5.75 Å². The predicted octanol–water partition coefficient (Wildman–Crippen LogP) is 3.32. The van der Waals surface area contributed by atoms with Crippen LogP contribution in [0.1, 0.15) is 34.3 Å². The molecule has 0 radical (unpaired) electrons. The molecule has 0 N–H and O–H groups in total. The third-order valence-electron chi connectivity index (χ3n) is 4.69. The summed E-state index contributed by atoms with van der Waals surface area (Å²) in [6.07, 6.45) is 1.72. The maximum atomic E-state index is 12.6. The van der Waals surface area contributed by atoms with E-state index >= 15 is 0 Å². The molecule has 0 saturated carbocycles. The van der Waals surface area contributed by atoms with Gasteiger partial charge in [-0.25, -0.2) is 13.2 Å². The fraction of sp³-hybridized carbons (Fsp3) is 0.381. The zero-order valence-electron chi connectivity index (χ0n) is 16.2. The zero-order chi connectivity index (χ0) is 20.1. The number of hydrogen-bond donors (Lipinski definition) is 0. The van der Waals surface area contributed by atoms with Gasteiger partial charge in [-0.05, 0) is 62.1 Å². The van der Waals surface area contributed by atoms with Crippen LogP contribution < -0.4 is 4.74 Å². The van der Waals surface area contributed by atoms with Gasteiger partial charge in [0.1, 0.15) is 19.0 Å². The van der Waals surface area contributed by atoms with Crippen molar-refractivity contribution in [1.29, 1.82) is 0 Å². The Bertz CT molecular complexity index is 949. The summed E-state index contributed by atoms with van der Waals surface area (Å²) < 4.78 is 37.6. The first-order valence-electron chi connectivity index (χ1n) is 9.35. The number of carbonyl (C=O) groups is 1. The number of ether oxygens (including phenoxy) is 2. The fourth-order valence-corrected chi connectivity index (χ4v) is 4.66. The Balaban J connectivity index is 1.58. The van der Waals surface area contributed by atoms with Crippen molar-refractivity contribution in [1.82, 2.24) is 4.31 Å². The van der Waals surface area contributed by atoms with Gasteiger partial charge in [-0.3, -0.25) is 0 Å².